The van der Waals surface area contributed by atoms with Crippen LogP contribution in [0, 0.1) is 0 Å². The molecule has 0 aliphatic rings. The van der Waals surface area contributed by atoms with Crippen LogP contribution in [0.5, 0.6) is 0 Å². The standard InChI is InChI=1S/C18H38N4O3.HI/c1-7-13-22(17(23)25-18(3,4)5)14-12-21-16(19-6)20-11-9-10-15-24-8-2;/h7-15H2,1-6H3,(H2,19,20,21);1H. The van der Waals surface area contributed by atoms with Crippen molar-refractivity contribution in [3.8, 4) is 0 Å². The second kappa shape index (κ2) is 16.4. The molecule has 8 heteroatoms. The Hall–Kier alpha value is -0.770. The number of halogens is 1. The Bertz CT molecular complexity index is 387. The normalized spacial score (nSPS) is 11.5. The van der Waals surface area contributed by atoms with Crippen LogP contribution in [0.2, 0.25) is 0 Å². The van der Waals surface area contributed by atoms with Gasteiger partial charge >= 0.3 is 6.09 Å². The number of aliphatic imine (C=N–C) groups is 1. The van der Waals surface area contributed by atoms with Crippen LogP contribution in [-0.4, -0.2) is 69.0 Å². The number of carbonyl (C=O) groups is 1. The summed E-state index contributed by atoms with van der Waals surface area (Å²) in [5.41, 5.74) is -0.477. The second-order valence-electron chi connectivity index (χ2n) is 6.80. The summed E-state index contributed by atoms with van der Waals surface area (Å²) in [7, 11) is 1.74. The number of nitrogens with zero attached hydrogens (tertiary/aromatic N) is 2. The lowest BCUT2D eigenvalue weighted by Crippen LogP contribution is -2.44. The Labute approximate surface area is 176 Å². The first-order valence-electron chi connectivity index (χ1n) is 9.34. The first kappa shape index (κ1) is 27.4. The maximum atomic E-state index is 12.2. The van der Waals surface area contributed by atoms with Gasteiger partial charge in [-0.1, -0.05) is 6.92 Å². The first-order valence-corrected chi connectivity index (χ1v) is 9.34. The highest BCUT2D eigenvalue weighted by Gasteiger charge is 2.21. The summed E-state index contributed by atoms with van der Waals surface area (Å²) in [5.74, 6) is 0.747. The van der Waals surface area contributed by atoms with Gasteiger partial charge in [0.25, 0.3) is 0 Å². The van der Waals surface area contributed by atoms with Crippen LogP contribution < -0.4 is 10.6 Å². The van der Waals surface area contributed by atoms with Gasteiger partial charge in [0.05, 0.1) is 0 Å². The highest BCUT2D eigenvalue weighted by Crippen LogP contribution is 2.10. The van der Waals surface area contributed by atoms with Gasteiger partial charge in [0.1, 0.15) is 5.60 Å². The van der Waals surface area contributed by atoms with Crippen LogP contribution in [0.3, 0.4) is 0 Å². The van der Waals surface area contributed by atoms with Gasteiger partial charge in [-0.3, -0.25) is 4.99 Å². The molecule has 0 aromatic carbocycles. The number of guanidine groups is 1. The highest BCUT2D eigenvalue weighted by atomic mass is 127. The minimum absolute atomic E-state index is 0. The van der Waals surface area contributed by atoms with Crippen LogP contribution in [0.1, 0.15) is 53.9 Å². The Morgan fingerprint density at radius 2 is 1.73 bits per heavy atom. The molecule has 0 aromatic rings. The van der Waals surface area contributed by atoms with Crippen molar-refractivity contribution < 1.29 is 14.3 Å². The van der Waals surface area contributed by atoms with Crippen molar-refractivity contribution in [1.29, 1.82) is 0 Å². The maximum Gasteiger partial charge on any atom is 0.410 e. The number of rotatable bonds is 11. The van der Waals surface area contributed by atoms with E-state index in [4.69, 9.17) is 9.47 Å². The number of nitrogens with one attached hydrogen (secondary N) is 2. The lowest BCUT2D eigenvalue weighted by Gasteiger charge is -2.27. The minimum atomic E-state index is -0.477. The molecule has 7 nitrogen and oxygen atoms in total. The fourth-order valence-electron chi connectivity index (χ4n) is 2.10. The van der Waals surface area contributed by atoms with Gasteiger partial charge in [0.15, 0.2) is 5.96 Å². The predicted molar refractivity (Wildman–Crippen MR) is 119 cm³/mol. The van der Waals surface area contributed by atoms with Crippen molar-refractivity contribution in [3.05, 3.63) is 0 Å². The average molecular weight is 486 g/mol. The Morgan fingerprint density at radius 1 is 1.08 bits per heavy atom. The number of hydrogen-bond acceptors (Lipinski definition) is 4. The lowest BCUT2D eigenvalue weighted by molar-refractivity contribution is 0.0253. The number of carbonyl (C=O) groups excluding carboxylic acids is 1. The smallest absolute Gasteiger partial charge is 0.410 e. The topological polar surface area (TPSA) is 75.2 Å². The van der Waals surface area contributed by atoms with E-state index >= 15 is 0 Å². The number of amides is 1. The average Bonchev–Trinajstić information content (AvgIpc) is 2.53. The molecule has 0 aromatic heterocycles. The largest absolute Gasteiger partial charge is 0.444 e. The molecule has 0 saturated heterocycles. The molecule has 0 fully saturated rings. The summed E-state index contributed by atoms with van der Waals surface area (Å²) in [6, 6.07) is 0. The second-order valence-corrected chi connectivity index (χ2v) is 6.80. The van der Waals surface area contributed by atoms with E-state index in [1.807, 2.05) is 34.6 Å². The van der Waals surface area contributed by atoms with Gasteiger partial charge in [0, 0.05) is 46.4 Å². The molecule has 0 rings (SSSR count). The molecule has 0 unspecified atom stereocenters. The van der Waals surface area contributed by atoms with E-state index in [1.165, 1.54) is 0 Å². The summed E-state index contributed by atoms with van der Waals surface area (Å²) in [5, 5.41) is 6.50. The molecule has 26 heavy (non-hydrogen) atoms. The zero-order chi connectivity index (χ0) is 19.1. The van der Waals surface area contributed by atoms with Crippen molar-refractivity contribution in [2.75, 3.05) is 46.4 Å². The van der Waals surface area contributed by atoms with Crippen molar-refractivity contribution in [1.82, 2.24) is 15.5 Å². The number of ether oxygens (including phenoxy) is 2. The zero-order valence-electron chi connectivity index (χ0n) is 17.4. The third-order valence-corrected chi connectivity index (χ3v) is 3.26. The van der Waals surface area contributed by atoms with Crippen LogP contribution in [0.25, 0.3) is 0 Å². The van der Waals surface area contributed by atoms with Crippen LogP contribution >= 0.6 is 24.0 Å². The molecule has 2 N–H and O–H groups in total. The van der Waals surface area contributed by atoms with E-state index in [-0.39, 0.29) is 30.1 Å². The van der Waals surface area contributed by atoms with Gasteiger partial charge in [-0.25, -0.2) is 4.79 Å². The minimum Gasteiger partial charge on any atom is -0.444 e. The van der Waals surface area contributed by atoms with E-state index in [2.05, 4.69) is 15.6 Å². The summed E-state index contributed by atoms with van der Waals surface area (Å²) in [4.78, 5) is 18.1. The van der Waals surface area contributed by atoms with Gasteiger partial charge < -0.3 is 25.0 Å². The molecule has 0 aliphatic carbocycles. The van der Waals surface area contributed by atoms with E-state index in [0.717, 1.165) is 45.0 Å². The molecule has 0 aliphatic heterocycles. The van der Waals surface area contributed by atoms with Gasteiger partial charge in [-0.15, -0.1) is 24.0 Å². The molecular weight excluding hydrogens is 447 g/mol. The van der Waals surface area contributed by atoms with Gasteiger partial charge in [-0.05, 0) is 47.0 Å². The first-order chi connectivity index (χ1) is 11.8. The Kier molecular flexibility index (Phi) is 17.3. The van der Waals surface area contributed by atoms with Crippen molar-refractivity contribution >= 4 is 36.0 Å². The Balaban J connectivity index is 0. The summed E-state index contributed by atoms with van der Waals surface area (Å²) in [6.07, 6.45) is 2.68. The number of unbranched alkanes of at least 4 members (excludes halogenated alkanes) is 1. The molecule has 0 bridgehead atoms. The van der Waals surface area contributed by atoms with E-state index in [0.29, 0.717) is 19.6 Å². The molecule has 0 spiro atoms. The van der Waals surface area contributed by atoms with E-state index in [1.54, 1.807) is 11.9 Å². The molecule has 0 heterocycles. The van der Waals surface area contributed by atoms with E-state index in [9.17, 15) is 4.79 Å². The lowest BCUT2D eigenvalue weighted by atomic mass is 10.2. The molecule has 0 atom stereocenters. The zero-order valence-corrected chi connectivity index (χ0v) is 19.7. The molecule has 1 amide bonds. The van der Waals surface area contributed by atoms with Crippen molar-refractivity contribution in [3.63, 3.8) is 0 Å². The highest BCUT2D eigenvalue weighted by molar-refractivity contribution is 14.0. The fourth-order valence-corrected chi connectivity index (χ4v) is 2.10. The molecule has 156 valence electrons. The van der Waals surface area contributed by atoms with Crippen LogP contribution in [0.4, 0.5) is 4.79 Å². The van der Waals surface area contributed by atoms with Gasteiger partial charge in [0.2, 0.25) is 0 Å². The Morgan fingerprint density at radius 3 is 2.27 bits per heavy atom. The maximum absolute atomic E-state index is 12.2. The quantitative estimate of drug-likeness (QED) is 0.203. The summed E-state index contributed by atoms with van der Waals surface area (Å²) in [6.45, 7) is 14.0. The molecule has 0 saturated carbocycles. The van der Waals surface area contributed by atoms with Crippen molar-refractivity contribution in [2.24, 2.45) is 4.99 Å². The summed E-state index contributed by atoms with van der Waals surface area (Å²) < 4.78 is 10.8. The summed E-state index contributed by atoms with van der Waals surface area (Å²) >= 11 is 0. The van der Waals surface area contributed by atoms with Crippen LogP contribution in [-0.2, 0) is 9.47 Å². The molecule has 0 radical (unpaired) electrons. The van der Waals surface area contributed by atoms with Crippen LogP contribution in [0.15, 0.2) is 4.99 Å². The molecular formula is C18H39IN4O3. The monoisotopic (exact) mass is 486 g/mol. The van der Waals surface area contributed by atoms with Crippen molar-refractivity contribution in [2.45, 2.75) is 59.5 Å². The predicted octanol–water partition coefficient (Wildman–Crippen LogP) is 3.23. The third kappa shape index (κ3) is 15.5. The van der Waals surface area contributed by atoms with Gasteiger partial charge in [-0.2, -0.15) is 0 Å². The third-order valence-electron chi connectivity index (χ3n) is 3.26. The van der Waals surface area contributed by atoms with E-state index < -0.39 is 5.60 Å². The SMILES string of the molecule is CCCN(CCNC(=NC)NCCCCOCC)C(=O)OC(C)(C)C.I. The number of hydrogen-bond donors (Lipinski definition) is 2. The fraction of sp³-hybridized carbons (Fsp3) is 0.889.